The molecule has 0 radical (unpaired) electrons. The summed E-state index contributed by atoms with van der Waals surface area (Å²) in [6, 6.07) is 14.9. The third kappa shape index (κ3) is 6.29. The average Bonchev–Trinajstić information content (AvgIpc) is 3.79. The van der Waals surface area contributed by atoms with Gasteiger partial charge in [-0.3, -0.25) is 0 Å². The molecule has 0 atom stereocenters. The highest BCUT2D eigenvalue weighted by atomic mass is 16.3. The number of benzene rings is 8. The van der Waals surface area contributed by atoms with E-state index in [1.165, 1.54) is 6.07 Å². The number of para-hydroxylation sites is 2. The Morgan fingerprint density at radius 1 is 0.411 bits per heavy atom. The van der Waals surface area contributed by atoms with Crippen LogP contribution in [0.4, 0.5) is 17.1 Å². The van der Waals surface area contributed by atoms with Crippen LogP contribution in [0.2, 0.25) is 0 Å². The van der Waals surface area contributed by atoms with E-state index in [9.17, 15) is 8.22 Å². The summed E-state index contributed by atoms with van der Waals surface area (Å²) in [6.07, 6.45) is 0. The molecule has 0 bridgehead atoms. The molecule has 2 aromatic heterocycles. The molecule has 56 heavy (non-hydrogen) atoms. The zero-order chi connectivity index (χ0) is 52.9. The topological polar surface area (TPSA) is 42.2 Å². The third-order valence-corrected chi connectivity index (χ3v) is 9.00. The second-order valence-corrected chi connectivity index (χ2v) is 12.4. The number of aromatic nitrogens is 2. The molecule has 10 aromatic rings. The third-order valence-electron chi connectivity index (χ3n) is 9.00. The Kier molecular flexibility index (Phi) is 4.91. The van der Waals surface area contributed by atoms with Crippen molar-refractivity contribution in [2.24, 2.45) is 0 Å². The monoisotopic (exact) mass is 735 g/mol. The van der Waals surface area contributed by atoms with Crippen molar-refractivity contribution < 1.29 is 29.1 Å². The van der Waals surface area contributed by atoms with Crippen molar-refractivity contribution in [3.05, 3.63) is 212 Å². The van der Waals surface area contributed by atoms with E-state index in [4.69, 9.17) is 30.8 Å². The highest BCUT2D eigenvalue weighted by Crippen LogP contribution is 2.42. The molecule has 0 aliphatic rings. The molecule has 0 saturated carbocycles. The van der Waals surface area contributed by atoms with E-state index >= 15 is 0 Å². The van der Waals surface area contributed by atoms with E-state index < -0.39 is 137 Å². The van der Waals surface area contributed by atoms with Crippen LogP contribution < -0.4 is 4.90 Å². The highest BCUT2D eigenvalue weighted by molar-refractivity contribution is 6.13. The van der Waals surface area contributed by atoms with Crippen LogP contribution in [-0.4, -0.2) is 9.97 Å². The maximum absolute atomic E-state index is 9.65. The van der Waals surface area contributed by atoms with Crippen LogP contribution in [0.5, 0.6) is 0 Å². The molecule has 0 unspecified atom stereocenters. The SMILES string of the molecule is [2H]c1c([2H])c([2H])c(-c2c([2H])c([2H])c(N(c3c([2H])c([2H])c([2H])c([2H])c3[2H])c3c([2H])c([2H])c(-c4cc(-c5nc(-c6ccccc6)cc(-c6ccccc6)n5)c5c(c4)oc4ccccc45)c([2H])c3[2H])c([2H])c2[2H])c([2H])c1[2H]. The highest BCUT2D eigenvalue weighted by Gasteiger charge is 2.20. The largest absolute Gasteiger partial charge is 0.456 e. The summed E-state index contributed by atoms with van der Waals surface area (Å²) < 4.78 is 167. The summed E-state index contributed by atoms with van der Waals surface area (Å²) in [5.41, 5.74) is -0.409. The molecule has 0 aliphatic heterocycles. The van der Waals surface area contributed by atoms with Gasteiger partial charge in [0.25, 0.3) is 0 Å². The zero-order valence-electron chi connectivity index (χ0n) is 47.1. The lowest BCUT2D eigenvalue weighted by Crippen LogP contribution is -2.09. The summed E-state index contributed by atoms with van der Waals surface area (Å²) >= 11 is 0. The van der Waals surface area contributed by atoms with E-state index in [1.54, 1.807) is 18.2 Å². The molecular weight excluding hydrogens is 683 g/mol. The summed E-state index contributed by atoms with van der Waals surface area (Å²) in [7, 11) is 0. The minimum Gasteiger partial charge on any atom is -0.456 e. The van der Waals surface area contributed by atoms with Crippen LogP contribution in [-0.2, 0) is 0 Å². The van der Waals surface area contributed by atoms with Crippen LogP contribution in [0.1, 0.15) is 24.7 Å². The summed E-state index contributed by atoms with van der Waals surface area (Å²) in [5, 5.41) is 1.25. The Hall–Kier alpha value is -7.56. The minimum absolute atomic E-state index is 0.0895. The van der Waals surface area contributed by atoms with Gasteiger partial charge in [-0.25, -0.2) is 9.97 Å². The summed E-state index contributed by atoms with van der Waals surface area (Å²) in [5.74, 6) is 0.221. The molecule has 10 rings (SSSR count). The fourth-order valence-electron chi connectivity index (χ4n) is 6.43. The van der Waals surface area contributed by atoms with E-state index in [2.05, 4.69) is 0 Å². The average molecular weight is 736 g/mol. The minimum atomic E-state index is -1.05. The fourth-order valence-corrected chi connectivity index (χ4v) is 6.43. The predicted molar refractivity (Wildman–Crippen MR) is 231 cm³/mol. The molecule has 0 amide bonds. The van der Waals surface area contributed by atoms with Gasteiger partial charge < -0.3 is 9.32 Å². The number of hydrogen-bond donors (Lipinski definition) is 0. The zero-order valence-corrected chi connectivity index (χ0v) is 29.1. The first-order valence-electron chi connectivity index (χ1n) is 26.4. The van der Waals surface area contributed by atoms with E-state index in [-0.39, 0.29) is 22.5 Å². The van der Waals surface area contributed by atoms with Gasteiger partial charge in [0.1, 0.15) is 11.2 Å². The number of anilines is 3. The summed E-state index contributed by atoms with van der Waals surface area (Å²) in [6.45, 7) is 0. The molecule has 4 heteroatoms. The molecule has 0 saturated heterocycles. The second kappa shape index (κ2) is 14.3. The van der Waals surface area contributed by atoms with E-state index in [0.717, 1.165) is 11.1 Å². The van der Waals surface area contributed by atoms with Gasteiger partial charge in [-0.2, -0.15) is 0 Å². The Balaban J connectivity index is 1.26. The molecule has 0 spiro atoms. The predicted octanol–water partition coefficient (Wildman–Crippen LogP) is 14.2. The molecule has 0 aliphatic carbocycles. The van der Waals surface area contributed by atoms with Crippen LogP contribution in [0.25, 0.3) is 78.1 Å². The Bertz CT molecular complexity index is 3850. The van der Waals surface area contributed by atoms with E-state index in [1.807, 2.05) is 78.9 Å². The Morgan fingerprint density at radius 2 is 0.911 bits per heavy atom. The molecule has 0 N–H and O–H groups in total. The van der Waals surface area contributed by atoms with Crippen LogP contribution >= 0.6 is 0 Å². The maximum atomic E-state index is 9.65. The van der Waals surface area contributed by atoms with Gasteiger partial charge in [0.05, 0.1) is 36.1 Å². The van der Waals surface area contributed by atoms with Crippen LogP contribution in [0.15, 0.2) is 216 Å². The van der Waals surface area contributed by atoms with Crippen molar-refractivity contribution in [1.29, 1.82) is 0 Å². The van der Waals surface area contributed by atoms with Crippen molar-refractivity contribution in [1.82, 2.24) is 9.97 Å². The van der Waals surface area contributed by atoms with Gasteiger partial charge in [-0.1, -0.05) is 151 Å². The molecule has 8 aromatic carbocycles. The van der Waals surface area contributed by atoms with Gasteiger partial charge in [-0.15, -0.1) is 0 Å². The molecule has 264 valence electrons. The quantitative estimate of drug-likeness (QED) is 0.156. The molecule has 2 heterocycles. The first-order valence-corrected chi connectivity index (χ1v) is 17.4. The van der Waals surface area contributed by atoms with Gasteiger partial charge in [0.15, 0.2) is 5.82 Å². The lowest BCUT2D eigenvalue weighted by atomic mass is 9.97. The van der Waals surface area contributed by atoms with Crippen LogP contribution in [0, 0.1) is 0 Å². The second-order valence-electron chi connectivity index (χ2n) is 12.4. The molecule has 4 nitrogen and oxygen atoms in total. The Morgan fingerprint density at radius 3 is 1.52 bits per heavy atom. The molecular formula is C52H35N3O. The van der Waals surface area contributed by atoms with E-state index in [0.29, 0.717) is 38.2 Å². The van der Waals surface area contributed by atoms with Crippen molar-refractivity contribution in [3.8, 4) is 56.2 Å². The van der Waals surface area contributed by atoms with Gasteiger partial charge in [0, 0.05) is 44.5 Å². The van der Waals surface area contributed by atoms with Crippen molar-refractivity contribution in [2.75, 3.05) is 4.90 Å². The lowest BCUT2D eigenvalue weighted by molar-refractivity contribution is 0.669. The maximum Gasteiger partial charge on any atom is 0.161 e. The number of hydrogen-bond acceptors (Lipinski definition) is 4. The van der Waals surface area contributed by atoms with Crippen molar-refractivity contribution in [3.63, 3.8) is 0 Å². The van der Waals surface area contributed by atoms with Crippen molar-refractivity contribution in [2.45, 2.75) is 0 Å². The first kappa shape index (κ1) is 19.2. The number of nitrogens with zero attached hydrogens (tertiary/aromatic N) is 3. The number of fused-ring (bicyclic) bond motifs is 3. The summed E-state index contributed by atoms with van der Waals surface area (Å²) in [4.78, 5) is 10.7. The smallest absolute Gasteiger partial charge is 0.161 e. The number of furan rings is 1. The van der Waals surface area contributed by atoms with Crippen molar-refractivity contribution >= 4 is 39.0 Å². The van der Waals surface area contributed by atoms with Gasteiger partial charge in [-0.05, 0) is 82.8 Å². The number of rotatable bonds is 8. The fraction of sp³-hybridized carbons (Fsp3) is 0. The van der Waals surface area contributed by atoms with Gasteiger partial charge in [0.2, 0.25) is 0 Å². The first-order chi connectivity index (χ1) is 35.2. The lowest BCUT2D eigenvalue weighted by Gasteiger charge is -2.26. The van der Waals surface area contributed by atoms with Gasteiger partial charge >= 0.3 is 0 Å². The van der Waals surface area contributed by atoms with Crippen LogP contribution in [0.3, 0.4) is 0 Å². The normalized spacial score (nSPS) is 15.7. The standard InChI is InChI=1S/C52H35N3O/c1-5-15-36(16-6-1)37-25-29-43(30-26-37)55(42-21-11-4-12-22-42)44-31-27-38(28-32-44)41-33-46(51-45-23-13-14-24-49(45)56-50(51)34-41)52-53-47(39-17-7-2-8-18-39)35-48(54-52)40-19-9-3-10-20-40/h1-35H/i1D,4D,5D,6D,11D,12D,15D,16D,21D,22D,25D,26D,27D,28D,29D,30D,31D,32D. The Labute approximate surface area is 350 Å². The molecule has 0 fully saturated rings.